The van der Waals surface area contributed by atoms with Crippen LogP contribution in [-0.2, 0) is 16.1 Å². The van der Waals surface area contributed by atoms with Gasteiger partial charge in [-0.25, -0.2) is 0 Å². The third-order valence-corrected chi connectivity index (χ3v) is 6.21. The number of nitrogens with one attached hydrogen (secondary N) is 3. The fourth-order valence-corrected chi connectivity index (χ4v) is 4.56. The molecular weight excluding hydrogens is 400 g/mol. The Kier molecular flexibility index (Phi) is 8.72. The van der Waals surface area contributed by atoms with E-state index in [0.29, 0.717) is 30.4 Å². The van der Waals surface area contributed by atoms with Crippen molar-refractivity contribution in [2.24, 2.45) is 5.92 Å². The van der Waals surface area contributed by atoms with Crippen molar-refractivity contribution in [3.8, 4) is 0 Å². The second-order valence-electron chi connectivity index (χ2n) is 7.33. The van der Waals surface area contributed by atoms with E-state index in [-0.39, 0.29) is 36.2 Å². The van der Waals surface area contributed by atoms with Gasteiger partial charge in [0.25, 0.3) is 5.91 Å². The van der Waals surface area contributed by atoms with Gasteiger partial charge in [-0.3, -0.25) is 14.4 Å². The second kappa shape index (κ2) is 10.8. The van der Waals surface area contributed by atoms with Crippen LogP contribution in [0.3, 0.4) is 0 Å². The summed E-state index contributed by atoms with van der Waals surface area (Å²) in [5.41, 5.74) is 0. The number of hydrogen-bond donors (Lipinski definition) is 3. The lowest BCUT2D eigenvalue weighted by molar-refractivity contribution is -0.123. The molecule has 3 heterocycles. The largest absolute Gasteiger partial charge is 0.354 e. The van der Waals surface area contributed by atoms with E-state index in [9.17, 15) is 14.4 Å². The number of halogens is 1. The van der Waals surface area contributed by atoms with E-state index in [4.69, 9.17) is 0 Å². The Morgan fingerprint density at radius 2 is 2.04 bits per heavy atom. The number of hydrogen-bond acceptors (Lipinski definition) is 5. The molecule has 1 aromatic rings. The van der Waals surface area contributed by atoms with Crippen LogP contribution < -0.4 is 16.0 Å². The number of thiophene rings is 1. The van der Waals surface area contributed by atoms with Gasteiger partial charge >= 0.3 is 0 Å². The summed E-state index contributed by atoms with van der Waals surface area (Å²) in [7, 11) is 0. The molecule has 2 unspecified atom stereocenters. The van der Waals surface area contributed by atoms with Crippen molar-refractivity contribution in [1.82, 2.24) is 20.9 Å². The van der Waals surface area contributed by atoms with Crippen molar-refractivity contribution >= 4 is 41.5 Å². The van der Waals surface area contributed by atoms with Crippen molar-refractivity contribution in [3.63, 3.8) is 0 Å². The van der Waals surface area contributed by atoms with E-state index in [0.717, 1.165) is 43.6 Å². The molecule has 0 spiro atoms. The predicted molar refractivity (Wildman–Crippen MR) is 112 cm³/mol. The molecule has 0 saturated carbocycles. The highest BCUT2D eigenvalue weighted by molar-refractivity contribution is 7.14. The van der Waals surface area contributed by atoms with Crippen molar-refractivity contribution in [1.29, 1.82) is 0 Å². The zero-order valence-electron chi connectivity index (χ0n) is 16.2. The summed E-state index contributed by atoms with van der Waals surface area (Å²) < 4.78 is 0. The molecule has 2 saturated heterocycles. The molecule has 2 atom stereocenters. The minimum atomic E-state index is -0.0787. The fourth-order valence-electron chi connectivity index (χ4n) is 3.65. The molecule has 7 nitrogen and oxygen atoms in total. The van der Waals surface area contributed by atoms with Gasteiger partial charge < -0.3 is 20.9 Å². The SMILES string of the molecule is CC(=O)NCc1ccc(C(=O)N2CCCC(CNC(=O)C3CCCN3)C2)s1.Cl. The van der Waals surface area contributed by atoms with Crippen LogP contribution in [0.5, 0.6) is 0 Å². The average molecular weight is 429 g/mol. The molecule has 2 aliphatic heterocycles. The van der Waals surface area contributed by atoms with Crippen LogP contribution in [0.15, 0.2) is 12.1 Å². The van der Waals surface area contributed by atoms with Crippen LogP contribution in [0.25, 0.3) is 0 Å². The Hall–Kier alpha value is -1.64. The highest BCUT2D eigenvalue weighted by Gasteiger charge is 2.27. The molecule has 3 N–H and O–H groups in total. The zero-order valence-corrected chi connectivity index (χ0v) is 17.8. The normalized spacial score (nSPS) is 21.7. The molecule has 0 bridgehead atoms. The molecule has 156 valence electrons. The van der Waals surface area contributed by atoms with Crippen LogP contribution in [-0.4, -0.2) is 54.8 Å². The van der Waals surface area contributed by atoms with Gasteiger partial charge in [0, 0.05) is 31.4 Å². The zero-order chi connectivity index (χ0) is 19.2. The maximum Gasteiger partial charge on any atom is 0.263 e. The monoisotopic (exact) mass is 428 g/mol. The highest BCUT2D eigenvalue weighted by Crippen LogP contribution is 2.22. The molecule has 2 fully saturated rings. The number of carbonyl (C=O) groups excluding carboxylic acids is 3. The van der Waals surface area contributed by atoms with Crippen LogP contribution in [0.4, 0.5) is 0 Å². The summed E-state index contributed by atoms with van der Waals surface area (Å²) in [6.07, 6.45) is 3.94. The van der Waals surface area contributed by atoms with Crippen molar-refractivity contribution in [3.05, 3.63) is 21.9 Å². The quantitative estimate of drug-likeness (QED) is 0.640. The average Bonchev–Trinajstić information content (AvgIpc) is 3.36. The Bertz CT molecular complexity index is 690. The number of amides is 3. The first-order valence-electron chi connectivity index (χ1n) is 9.66. The van der Waals surface area contributed by atoms with Gasteiger partial charge in [0.1, 0.15) is 0 Å². The minimum absolute atomic E-state index is 0. The number of rotatable bonds is 6. The van der Waals surface area contributed by atoms with E-state index in [1.165, 1.54) is 18.3 Å². The van der Waals surface area contributed by atoms with E-state index in [1.807, 2.05) is 17.0 Å². The lowest BCUT2D eigenvalue weighted by atomic mass is 9.97. The van der Waals surface area contributed by atoms with Crippen LogP contribution in [0, 0.1) is 5.92 Å². The van der Waals surface area contributed by atoms with Gasteiger partial charge in [0.05, 0.1) is 17.5 Å². The molecule has 0 radical (unpaired) electrons. The van der Waals surface area contributed by atoms with Gasteiger partial charge in [-0.15, -0.1) is 23.7 Å². The molecule has 2 aliphatic rings. The maximum atomic E-state index is 12.8. The molecule has 3 rings (SSSR count). The first-order chi connectivity index (χ1) is 13.0. The fraction of sp³-hybridized carbons (Fsp3) is 0.632. The van der Waals surface area contributed by atoms with Crippen LogP contribution in [0.1, 0.15) is 47.2 Å². The molecule has 3 amide bonds. The van der Waals surface area contributed by atoms with Gasteiger partial charge in [-0.1, -0.05) is 0 Å². The molecular formula is C19H29ClN4O3S. The Morgan fingerprint density at radius 1 is 1.21 bits per heavy atom. The van der Waals surface area contributed by atoms with E-state index < -0.39 is 0 Å². The Morgan fingerprint density at radius 3 is 2.75 bits per heavy atom. The molecule has 0 aromatic carbocycles. The number of likely N-dealkylation sites (tertiary alicyclic amines) is 1. The lowest BCUT2D eigenvalue weighted by Crippen LogP contribution is -2.46. The van der Waals surface area contributed by atoms with E-state index in [2.05, 4.69) is 16.0 Å². The summed E-state index contributed by atoms with van der Waals surface area (Å²) in [4.78, 5) is 39.5. The maximum absolute atomic E-state index is 12.8. The highest BCUT2D eigenvalue weighted by atomic mass is 35.5. The van der Waals surface area contributed by atoms with Crippen LogP contribution in [0.2, 0.25) is 0 Å². The van der Waals surface area contributed by atoms with Gasteiger partial charge in [-0.2, -0.15) is 0 Å². The summed E-state index contributed by atoms with van der Waals surface area (Å²) in [6.45, 7) is 4.91. The van der Waals surface area contributed by atoms with E-state index in [1.54, 1.807) is 0 Å². The van der Waals surface area contributed by atoms with Crippen molar-refractivity contribution < 1.29 is 14.4 Å². The Balaban J connectivity index is 0.00000280. The Labute approximate surface area is 176 Å². The minimum Gasteiger partial charge on any atom is -0.354 e. The topological polar surface area (TPSA) is 90.5 Å². The number of nitrogens with zero attached hydrogens (tertiary/aromatic N) is 1. The van der Waals surface area contributed by atoms with Crippen molar-refractivity contribution in [2.45, 2.75) is 45.2 Å². The first-order valence-corrected chi connectivity index (χ1v) is 10.5. The number of piperidine rings is 1. The van der Waals surface area contributed by atoms with Gasteiger partial charge in [0.2, 0.25) is 11.8 Å². The van der Waals surface area contributed by atoms with E-state index >= 15 is 0 Å². The standard InChI is InChI=1S/C19H28N4O3S.ClH/c1-13(24)21-11-15-6-7-17(27-15)19(26)23-9-3-4-14(12-23)10-22-18(25)16-5-2-8-20-16;/h6-7,14,16,20H,2-5,8-12H2,1H3,(H,21,24)(H,22,25);1H. The smallest absolute Gasteiger partial charge is 0.263 e. The summed E-state index contributed by atoms with van der Waals surface area (Å²) >= 11 is 1.43. The van der Waals surface area contributed by atoms with Gasteiger partial charge in [0.15, 0.2) is 0 Å². The van der Waals surface area contributed by atoms with Crippen LogP contribution >= 0.6 is 23.7 Å². The molecule has 28 heavy (non-hydrogen) atoms. The van der Waals surface area contributed by atoms with Crippen molar-refractivity contribution in [2.75, 3.05) is 26.2 Å². The summed E-state index contributed by atoms with van der Waals surface area (Å²) in [6, 6.07) is 3.67. The lowest BCUT2D eigenvalue weighted by Gasteiger charge is -2.32. The second-order valence-corrected chi connectivity index (χ2v) is 8.50. The van der Waals surface area contributed by atoms with Gasteiger partial charge in [-0.05, 0) is 50.3 Å². The first kappa shape index (κ1) is 22.6. The third kappa shape index (κ3) is 6.18. The third-order valence-electron chi connectivity index (χ3n) is 5.13. The molecule has 1 aromatic heterocycles. The predicted octanol–water partition coefficient (Wildman–Crippen LogP) is 1.53. The molecule has 9 heteroatoms. The molecule has 0 aliphatic carbocycles. The number of carbonyl (C=O) groups is 3. The summed E-state index contributed by atoms with van der Waals surface area (Å²) in [5.74, 6) is 0.344. The summed E-state index contributed by atoms with van der Waals surface area (Å²) in [5, 5.41) is 9.01.